The van der Waals surface area contributed by atoms with Crippen LogP contribution in [0.15, 0.2) is 47.3 Å². The van der Waals surface area contributed by atoms with Gasteiger partial charge in [-0.3, -0.25) is 9.80 Å². The topological polar surface area (TPSA) is 110 Å². The van der Waals surface area contributed by atoms with E-state index in [0.29, 0.717) is 18.2 Å². The average Bonchev–Trinajstić information content (AvgIpc) is 3.54. The minimum Gasteiger partial charge on any atom is -0.447 e. The molecule has 1 atom stereocenters. The predicted molar refractivity (Wildman–Crippen MR) is 111 cm³/mol. The molecule has 2 saturated heterocycles. The van der Waals surface area contributed by atoms with Crippen LogP contribution in [0.3, 0.4) is 0 Å². The molecule has 5 rings (SSSR count). The molecule has 2 fully saturated rings. The molecule has 170 valence electrons. The summed E-state index contributed by atoms with van der Waals surface area (Å²) in [6, 6.07) is 6.69. The number of rotatable bonds is 6. The van der Waals surface area contributed by atoms with E-state index in [4.69, 9.17) is 14.0 Å². The largest absolute Gasteiger partial charge is 0.447 e. The van der Waals surface area contributed by atoms with Gasteiger partial charge >= 0.3 is 12.2 Å². The Labute approximate surface area is 185 Å². The lowest BCUT2D eigenvalue weighted by Crippen LogP contribution is -2.27. The summed E-state index contributed by atoms with van der Waals surface area (Å²) in [5.74, 6) is -0.926. The maximum Gasteiger partial charge on any atom is 0.415 e. The fraction of sp³-hybridized carbons (Fsp3) is 0.238. The van der Waals surface area contributed by atoms with Gasteiger partial charge in [0.05, 0.1) is 30.9 Å². The van der Waals surface area contributed by atoms with Gasteiger partial charge in [0, 0.05) is 17.8 Å². The third kappa shape index (κ3) is 4.02. The van der Waals surface area contributed by atoms with Crippen molar-refractivity contribution in [2.24, 2.45) is 0 Å². The molecule has 33 heavy (non-hydrogen) atoms. The van der Waals surface area contributed by atoms with Crippen LogP contribution in [0, 0.1) is 11.6 Å². The summed E-state index contributed by atoms with van der Waals surface area (Å²) in [7, 11) is 0. The van der Waals surface area contributed by atoms with Crippen molar-refractivity contribution < 1.29 is 32.4 Å². The van der Waals surface area contributed by atoms with E-state index >= 15 is 0 Å². The van der Waals surface area contributed by atoms with E-state index in [0.717, 1.165) is 17.0 Å². The minimum atomic E-state index is -0.864. The average molecular weight is 457 g/mol. The lowest BCUT2D eigenvalue weighted by atomic mass is 10.1. The number of amides is 2. The van der Waals surface area contributed by atoms with E-state index in [1.807, 2.05) is 0 Å². The zero-order valence-electron chi connectivity index (χ0n) is 17.0. The summed E-state index contributed by atoms with van der Waals surface area (Å²) in [6.07, 6.45) is 0.888. The van der Waals surface area contributed by atoms with Gasteiger partial charge in [-0.1, -0.05) is 5.16 Å². The van der Waals surface area contributed by atoms with Crippen molar-refractivity contribution >= 4 is 29.5 Å². The van der Waals surface area contributed by atoms with Gasteiger partial charge in [0.15, 0.2) is 5.82 Å². The number of halogens is 2. The molecule has 2 amide bonds. The van der Waals surface area contributed by atoms with Crippen molar-refractivity contribution in [1.82, 2.24) is 10.1 Å². The number of nitrogens with zero attached hydrogens (tertiary/aromatic N) is 4. The van der Waals surface area contributed by atoms with Crippen molar-refractivity contribution in [3.05, 3.63) is 54.4 Å². The molecule has 0 aliphatic carbocycles. The second kappa shape index (κ2) is 8.37. The summed E-state index contributed by atoms with van der Waals surface area (Å²) < 4.78 is 44.6. The van der Waals surface area contributed by atoms with Gasteiger partial charge in [0.25, 0.3) is 0 Å². The maximum atomic E-state index is 14.9. The molecule has 3 aromatic rings. The highest BCUT2D eigenvalue weighted by molar-refractivity contribution is 5.90. The second-order valence-corrected chi connectivity index (χ2v) is 7.34. The lowest BCUT2D eigenvalue weighted by molar-refractivity contribution is 0.147. The molecule has 0 radical (unpaired) electrons. The van der Waals surface area contributed by atoms with Gasteiger partial charge in [-0.2, -0.15) is 0 Å². The predicted octanol–water partition coefficient (Wildman–Crippen LogP) is 3.41. The molecule has 12 heteroatoms. The number of carbonyl (C=O) groups is 2. The molecule has 0 bridgehead atoms. The summed E-state index contributed by atoms with van der Waals surface area (Å²) >= 11 is 0. The number of aromatic nitrogens is 2. The van der Waals surface area contributed by atoms with E-state index in [-0.39, 0.29) is 36.5 Å². The molecule has 0 saturated carbocycles. The van der Waals surface area contributed by atoms with E-state index in [2.05, 4.69) is 15.5 Å². The SMILES string of the molecule is O=C1OC(CNc2ccon2)CN1c1cc(F)c(-c2ccc(N3CCOC3=O)nc2)c(F)c1. The molecule has 2 aliphatic heterocycles. The van der Waals surface area contributed by atoms with Gasteiger partial charge in [0.2, 0.25) is 0 Å². The van der Waals surface area contributed by atoms with Crippen LogP contribution in [0.2, 0.25) is 0 Å². The third-order valence-electron chi connectivity index (χ3n) is 5.24. The highest BCUT2D eigenvalue weighted by atomic mass is 19.1. The number of cyclic esters (lactones) is 2. The Bertz CT molecular complexity index is 1170. The van der Waals surface area contributed by atoms with Gasteiger partial charge < -0.3 is 19.3 Å². The molecule has 1 aromatic carbocycles. The van der Waals surface area contributed by atoms with Gasteiger partial charge in [-0.15, -0.1) is 0 Å². The Hall–Kier alpha value is -4.22. The first-order valence-corrected chi connectivity index (χ1v) is 10.0. The molecule has 10 nitrogen and oxygen atoms in total. The molecular formula is C21H17F2N5O5. The smallest absolute Gasteiger partial charge is 0.415 e. The second-order valence-electron chi connectivity index (χ2n) is 7.34. The Morgan fingerprint density at radius 2 is 1.91 bits per heavy atom. The van der Waals surface area contributed by atoms with Crippen molar-refractivity contribution in [2.75, 3.05) is 41.4 Å². The number of anilines is 3. The number of ether oxygens (including phenoxy) is 2. The summed E-state index contributed by atoms with van der Waals surface area (Å²) in [4.78, 5) is 30.5. The number of benzene rings is 1. The number of hydrogen-bond acceptors (Lipinski definition) is 8. The molecule has 2 aromatic heterocycles. The van der Waals surface area contributed by atoms with Crippen LogP contribution in [0.25, 0.3) is 11.1 Å². The van der Waals surface area contributed by atoms with Crippen LogP contribution in [0.1, 0.15) is 0 Å². The van der Waals surface area contributed by atoms with Crippen molar-refractivity contribution in [1.29, 1.82) is 0 Å². The fourth-order valence-electron chi connectivity index (χ4n) is 3.65. The van der Waals surface area contributed by atoms with E-state index < -0.39 is 29.9 Å². The first-order valence-electron chi connectivity index (χ1n) is 10.0. The van der Waals surface area contributed by atoms with E-state index in [1.54, 1.807) is 6.07 Å². The first kappa shape index (κ1) is 20.7. The fourth-order valence-corrected chi connectivity index (χ4v) is 3.65. The van der Waals surface area contributed by atoms with Crippen LogP contribution in [0.5, 0.6) is 0 Å². The van der Waals surface area contributed by atoms with Crippen LogP contribution in [-0.2, 0) is 9.47 Å². The zero-order chi connectivity index (χ0) is 22.9. The molecule has 2 aliphatic rings. The van der Waals surface area contributed by atoms with Crippen LogP contribution < -0.4 is 15.1 Å². The Kier molecular flexibility index (Phi) is 5.24. The van der Waals surface area contributed by atoms with Crippen LogP contribution in [0.4, 0.5) is 35.7 Å². The Morgan fingerprint density at radius 1 is 1.09 bits per heavy atom. The molecule has 1 N–H and O–H groups in total. The minimum absolute atomic E-state index is 0.0343. The summed E-state index contributed by atoms with van der Waals surface area (Å²) in [5, 5.41) is 6.64. The van der Waals surface area contributed by atoms with Gasteiger partial charge in [-0.25, -0.2) is 23.4 Å². The highest BCUT2D eigenvalue weighted by Gasteiger charge is 2.33. The standard InChI is InChI=1S/C21H17F2N5O5/c22-15-7-13(28-11-14(33-21(28)30)10-24-17-3-5-32-26-17)8-16(23)19(15)12-1-2-18(25-9-12)27-4-6-31-20(27)29/h1-3,5,7-9,14H,4,6,10-11H2,(H,24,26). The Balaban J connectivity index is 1.32. The summed E-state index contributed by atoms with van der Waals surface area (Å²) in [6.45, 7) is 0.956. The van der Waals surface area contributed by atoms with Crippen LogP contribution in [-0.4, -0.2) is 54.7 Å². The molecular weight excluding hydrogens is 440 g/mol. The van der Waals surface area contributed by atoms with Gasteiger partial charge in [0.1, 0.15) is 36.4 Å². The Morgan fingerprint density at radius 3 is 2.55 bits per heavy atom. The number of pyridine rings is 1. The monoisotopic (exact) mass is 457 g/mol. The van der Waals surface area contributed by atoms with E-state index in [9.17, 15) is 18.4 Å². The highest BCUT2D eigenvalue weighted by Crippen LogP contribution is 2.32. The summed E-state index contributed by atoms with van der Waals surface area (Å²) in [5.41, 5.74) is -0.0720. The van der Waals surface area contributed by atoms with E-state index in [1.165, 1.54) is 29.5 Å². The van der Waals surface area contributed by atoms with Gasteiger partial charge in [-0.05, 0) is 24.3 Å². The third-order valence-corrected chi connectivity index (χ3v) is 5.24. The van der Waals surface area contributed by atoms with Crippen molar-refractivity contribution in [2.45, 2.75) is 6.10 Å². The normalized spacial score (nSPS) is 17.9. The molecule has 0 spiro atoms. The van der Waals surface area contributed by atoms with Crippen molar-refractivity contribution in [3.63, 3.8) is 0 Å². The zero-order valence-corrected chi connectivity index (χ0v) is 17.0. The van der Waals surface area contributed by atoms with Crippen molar-refractivity contribution in [3.8, 4) is 11.1 Å². The van der Waals surface area contributed by atoms with Crippen LogP contribution >= 0.6 is 0 Å². The number of carbonyl (C=O) groups excluding carboxylic acids is 2. The number of hydrogen-bond donors (Lipinski definition) is 1. The first-order chi connectivity index (χ1) is 16.0. The molecule has 1 unspecified atom stereocenters. The number of nitrogens with one attached hydrogen (secondary N) is 1. The molecule has 4 heterocycles. The quantitative estimate of drug-likeness (QED) is 0.600. The lowest BCUT2D eigenvalue weighted by Gasteiger charge is -2.16. The maximum absolute atomic E-state index is 14.9.